The molecule has 7 nitrogen and oxygen atoms in total. The highest BCUT2D eigenvalue weighted by atomic mass is 16.6. The Hall–Kier alpha value is -2.12. The maximum Gasteiger partial charge on any atom is 0.413 e. The van der Waals surface area contributed by atoms with Crippen LogP contribution in [0.15, 0.2) is 30.3 Å². The third-order valence-corrected chi connectivity index (χ3v) is 4.48. The minimum absolute atomic E-state index is 0.102. The van der Waals surface area contributed by atoms with E-state index in [0.29, 0.717) is 25.1 Å². The average Bonchev–Trinajstić information content (AvgIpc) is 2.99. The Kier molecular flexibility index (Phi) is 6.39. The zero-order valence-corrected chi connectivity index (χ0v) is 14.6. The van der Waals surface area contributed by atoms with Crippen LogP contribution >= 0.6 is 0 Å². The van der Waals surface area contributed by atoms with E-state index in [1.54, 1.807) is 44.2 Å². The molecule has 1 aromatic carbocycles. The third-order valence-electron chi connectivity index (χ3n) is 4.48. The number of hydrogen-bond acceptors (Lipinski definition) is 5. The van der Waals surface area contributed by atoms with Crippen molar-refractivity contribution >= 4 is 12.0 Å². The highest BCUT2D eigenvalue weighted by molar-refractivity contribution is 5.87. The molecule has 0 bridgehead atoms. The van der Waals surface area contributed by atoms with Crippen molar-refractivity contribution in [2.24, 2.45) is 5.41 Å². The molecule has 2 rings (SSSR count). The summed E-state index contributed by atoms with van der Waals surface area (Å²) in [6.45, 7) is 4.21. The molecule has 25 heavy (non-hydrogen) atoms. The number of amides is 2. The van der Waals surface area contributed by atoms with Crippen LogP contribution in [0.3, 0.4) is 0 Å². The summed E-state index contributed by atoms with van der Waals surface area (Å²) in [5, 5.41) is 21.6. The Balaban J connectivity index is 2.11. The first-order chi connectivity index (χ1) is 11.8. The van der Waals surface area contributed by atoms with Gasteiger partial charge in [-0.05, 0) is 30.4 Å². The van der Waals surface area contributed by atoms with Gasteiger partial charge in [-0.3, -0.25) is 4.79 Å². The Labute approximate surface area is 147 Å². The van der Waals surface area contributed by atoms with Gasteiger partial charge in [0.2, 0.25) is 5.91 Å². The lowest BCUT2D eigenvalue weighted by atomic mass is 9.80. The lowest BCUT2D eigenvalue weighted by Gasteiger charge is -2.35. The van der Waals surface area contributed by atoms with E-state index >= 15 is 0 Å². The van der Waals surface area contributed by atoms with E-state index in [9.17, 15) is 19.8 Å². The second-order valence-electron chi connectivity index (χ2n) is 6.97. The molecule has 0 radical (unpaired) electrons. The number of aliphatic hydroxyl groups excluding tert-OH is 2. The van der Waals surface area contributed by atoms with Gasteiger partial charge in [0.05, 0.1) is 6.10 Å². The summed E-state index contributed by atoms with van der Waals surface area (Å²) in [7, 11) is 0. The predicted molar refractivity (Wildman–Crippen MR) is 92.1 cm³/mol. The van der Waals surface area contributed by atoms with Crippen LogP contribution in [0.2, 0.25) is 0 Å². The van der Waals surface area contributed by atoms with Gasteiger partial charge in [0.15, 0.2) is 0 Å². The van der Waals surface area contributed by atoms with Crippen LogP contribution in [0.1, 0.15) is 26.7 Å². The summed E-state index contributed by atoms with van der Waals surface area (Å²) in [5.41, 5.74) is -0.672. The molecule has 0 aliphatic carbocycles. The zero-order chi connectivity index (χ0) is 18.4. The Morgan fingerprint density at radius 3 is 2.60 bits per heavy atom. The summed E-state index contributed by atoms with van der Waals surface area (Å²) >= 11 is 0. The molecular weight excluding hydrogens is 324 g/mol. The highest BCUT2D eigenvalue weighted by Crippen LogP contribution is 2.28. The normalized spacial score (nSPS) is 18.7. The second kappa shape index (κ2) is 8.31. The fourth-order valence-corrected chi connectivity index (χ4v) is 2.89. The monoisotopic (exact) mass is 350 g/mol. The fourth-order valence-electron chi connectivity index (χ4n) is 2.89. The lowest BCUT2D eigenvalue weighted by molar-refractivity contribution is -0.135. The van der Waals surface area contributed by atoms with Gasteiger partial charge in [0, 0.05) is 19.7 Å². The Morgan fingerprint density at radius 2 is 2.04 bits per heavy atom. The molecule has 1 aliphatic heterocycles. The van der Waals surface area contributed by atoms with Crippen molar-refractivity contribution in [1.82, 2.24) is 10.2 Å². The molecule has 2 unspecified atom stereocenters. The topological polar surface area (TPSA) is 99.1 Å². The van der Waals surface area contributed by atoms with E-state index in [4.69, 9.17) is 4.74 Å². The number of hydrogen-bond donors (Lipinski definition) is 3. The summed E-state index contributed by atoms with van der Waals surface area (Å²) in [4.78, 5) is 26.6. The predicted octanol–water partition coefficient (Wildman–Crippen LogP) is 1.15. The number of ether oxygens (including phenoxy) is 1. The van der Waals surface area contributed by atoms with Crippen LogP contribution in [-0.2, 0) is 4.79 Å². The number of β-amino-alcohol motifs (C(OH)–C–C–N with tert-alkyl or cyclic N) is 1. The van der Waals surface area contributed by atoms with Gasteiger partial charge in [-0.15, -0.1) is 0 Å². The van der Waals surface area contributed by atoms with Crippen molar-refractivity contribution < 1.29 is 24.5 Å². The molecule has 0 spiro atoms. The standard InChI is InChI=1S/C18H26N2O5/c1-18(2,9-11-21)15(16(23)20-10-8-13(22)12-20)19-17(24)25-14-6-4-3-5-7-14/h3-7,13,15,21-22H,8-12H2,1-2H3,(H,19,24). The van der Waals surface area contributed by atoms with E-state index in [-0.39, 0.29) is 19.1 Å². The van der Waals surface area contributed by atoms with Crippen molar-refractivity contribution in [2.75, 3.05) is 19.7 Å². The van der Waals surface area contributed by atoms with Crippen LogP contribution in [0.4, 0.5) is 4.79 Å². The molecule has 0 saturated carbocycles. The molecule has 0 aromatic heterocycles. The van der Waals surface area contributed by atoms with E-state index < -0.39 is 23.7 Å². The summed E-state index contributed by atoms with van der Waals surface area (Å²) in [5.74, 6) is 0.0998. The van der Waals surface area contributed by atoms with E-state index in [1.165, 1.54) is 4.90 Å². The SMILES string of the molecule is CC(C)(CCO)C(NC(=O)Oc1ccccc1)C(=O)N1CCC(O)C1. The van der Waals surface area contributed by atoms with E-state index in [0.717, 1.165) is 0 Å². The molecule has 2 amide bonds. The molecule has 1 saturated heterocycles. The molecule has 1 fully saturated rings. The number of nitrogens with one attached hydrogen (secondary N) is 1. The van der Waals surface area contributed by atoms with Gasteiger partial charge in [-0.25, -0.2) is 4.79 Å². The van der Waals surface area contributed by atoms with E-state index in [2.05, 4.69) is 5.32 Å². The summed E-state index contributed by atoms with van der Waals surface area (Å²) < 4.78 is 5.22. The zero-order valence-electron chi connectivity index (χ0n) is 14.6. The summed E-state index contributed by atoms with van der Waals surface area (Å²) in [6.07, 6.45) is -0.407. The first-order valence-electron chi connectivity index (χ1n) is 8.44. The maximum atomic E-state index is 12.9. The molecule has 1 aliphatic rings. The fraction of sp³-hybridized carbons (Fsp3) is 0.556. The molecule has 7 heteroatoms. The lowest BCUT2D eigenvalue weighted by Crippen LogP contribution is -2.56. The van der Waals surface area contributed by atoms with Gasteiger partial charge in [-0.1, -0.05) is 32.0 Å². The summed E-state index contributed by atoms with van der Waals surface area (Å²) in [6, 6.07) is 7.72. The number of para-hydroxylation sites is 1. The highest BCUT2D eigenvalue weighted by Gasteiger charge is 2.40. The molecule has 138 valence electrons. The molecule has 1 aromatic rings. The first kappa shape index (κ1) is 19.2. The van der Waals surface area contributed by atoms with Gasteiger partial charge in [-0.2, -0.15) is 0 Å². The molecule has 3 N–H and O–H groups in total. The second-order valence-corrected chi connectivity index (χ2v) is 6.97. The Bertz CT molecular complexity index is 590. The minimum Gasteiger partial charge on any atom is -0.410 e. The van der Waals surface area contributed by atoms with Gasteiger partial charge < -0.3 is 25.2 Å². The van der Waals surface area contributed by atoms with Crippen LogP contribution in [0.25, 0.3) is 0 Å². The van der Waals surface area contributed by atoms with Crippen molar-refractivity contribution in [3.8, 4) is 5.75 Å². The number of carbonyl (C=O) groups excluding carboxylic acids is 2. The van der Waals surface area contributed by atoms with Gasteiger partial charge >= 0.3 is 6.09 Å². The maximum absolute atomic E-state index is 12.9. The van der Waals surface area contributed by atoms with Crippen molar-refractivity contribution in [2.45, 2.75) is 38.8 Å². The largest absolute Gasteiger partial charge is 0.413 e. The van der Waals surface area contributed by atoms with Crippen molar-refractivity contribution in [3.63, 3.8) is 0 Å². The number of nitrogens with zero attached hydrogens (tertiary/aromatic N) is 1. The van der Waals surface area contributed by atoms with Crippen LogP contribution in [-0.4, -0.2) is 59.0 Å². The molecule has 1 heterocycles. The Morgan fingerprint density at radius 1 is 1.36 bits per heavy atom. The molecular formula is C18H26N2O5. The molecule has 2 atom stereocenters. The van der Waals surface area contributed by atoms with E-state index in [1.807, 2.05) is 0 Å². The van der Waals surface area contributed by atoms with Gasteiger partial charge in [0.25, 0.3) is 0 Å². The number of likely N-dealkylation sites (tertiary alicyclic amines) is 1. The number of benzene rings is 1. The number of carbonyl (C=O) groups is 2. The first-order valence-corrected chi connectivity index (χ1v) is 8.44. The van der Waals surface area contributed by atoms with Crippen molar-refractivity contribution in [3.05, 3.63) is 30.3 Å². The van der Waals surface area contributed by atoms with Crippen LogP contribution in [0, 0.1) is 5.41 Å². The van der Waals surface area contributed by atoms with Gasteiger partial charge in [0.1, 0.15) is 11.8 Å². The third kappa shape index (κ3) is 5.17. The van der Waals surface area contributed by atoms with Crippen molar-refractivity contribution in [1.29, 1.82) is 0 Å². The average molecular weight is 350 g/mol. The van der Waals surface area contributed by atoms with Crippen LogP contribution < -0.4 is 10.1 Å². The quantitative estimate of drug-likeness (QED) is 0.715. The number of aliphatic hydroxyl groups is 2. The number of rotatable bonds is 6. The van der Waals surface area contributed by atoms with Crippen LogP contribution in [0.5, 0.6) is 5.75 Å². The smallest absolute Gasteiger partial charge is 0.410 e. The minimum atomic E-state index is -0.860.